The predicted octanol–water partition coefficient (Wildman–Crippen LogP) is 3.39. The van der Waals surface area contributed by atoms with Crippen molar-refractivity contribution >= 4 is 21.6 Å². The molecule has 0 saturated carbocycles. The topological polar surface area (TPSA) is 97.6 Å². The van der Waals surface area contributed by atoms with Crippen LogP contribution < -0.4 is 14.8 Å². The van der Waals surface area contributed by atoms with E-state index in [0.29, 0.717) is 17.2 Å². The minimum Gasteiger partial charge on any atom is -0.483 e. The molecule has 0 aliphatic rings. The van der Waals surface area contributed by atoms with Crippen molar-refractivity contribution in [3.8, 4) is 5.75 Å². The molecule has 1 amide bonds. The second-order valence-corrected chi connectivity index (χ2v) is 8.23. The van der Waals surface area contributed by atoms with Crippen LogP contribution in [0.2, 0.25) is 0 Å². The van der Waals surface area contributed by atoms with E-state index in [1.54, 1.807) is 12.1 Å². The van der Waals surface area contributed by atoms with Crippen molar-refractivity contribution in [2.75, 3.05) is 11.9 Å². The van der Waals surface area contributed by atoms with Crippen LogP contribution in [0.25, 0.3) is 0 Å². The molecule has 2 N–H and O–H groups in total. The third kappa shape index (κ3) is 5.46. The Kier molecular flexibility index (Phi) is 6.36. The molecule has 0 radical (unpaired) electrons. The van der Waals surface area contributed by atoms with Gasteiger partial charge in [-0.05, 0) is 67.4 Å². The fraction of sp³-hybridized carbons (Fsp3) is 0.190. The number of sulfonamides is 1. The first-order valence-electron chi connectivity index (χ1n) is 8.96. The molecule has 1 aromatic heterocycles. The minimum absolute atomic E-state index is 0.0591. The third-order valence-electron chi connectivity index (χ3n) is 4.38. The molecule has 2 aromatic carbocycles. The van der Waals surface area contributed by atoms with E-state index >= 15 is 0 Å². The molecule has 8 heteroatoms. The molecule has 0 unspecified atom stereocenters. The largest absolute Gasteiger partial charge is 0.483 e. The van der Waals surface area contributed by atoms with E-state index in [-0.39, 0.29) is 24.0 Å². The summed E-state index contributed by atoms with van der Waals surface area (Å²) in [6, 6.07) is 14.9. The van der Waals surface area contributed by atoms with Gasteiger partial charge in [0, 0.05) is 5.69 Å². The van der Waals surface area contributed by atoms with Crippen molar-refractivity contribution in [1.82, 2.24) is 4.72 Å². The Bertz CT molecular complexity index is 1070. The number of amides is 1. The van der Waals surface area contributed by atoms with Crippen molar-refractivity contribution in [2.45, 2.75) is 25.3 Å². The van der Waals surface area contributed by atoms with Crippen LogP contribution in [0, 0.1) is 13.8 Å². The quantitative estimate of drug-likeness (QED) is 0.589. The zero-order valence-corrected chi connectivity index (χ0v) is 17.0. The van der Waals surface area contributed by atoms with Crippen molar-refractivity contribution in [2.24, 2.45) is 0 Å². The van der Waals surface area contributed by atoms with Crippen molar-refractivity contribution in [3.05, 3.63) is 77.7 Å². The van der Waals surface area contributed by atoms with Gasteiger partial charge in [0.05, 0.1) is 17.7 Å². The van der Waals surface area contributed by atoms with Crippen LogP contribution in [-0.2, 0) is 21.4 Å². The molecule has 0 bridgehead atoms. The second-order valence-electron chi connectivity index (χ2n) is 6.46. The van der Waals surface area contributed by atoms with Crippen LogP contribution in [-0.4, -0.2) is 20.9 Å². The number of benzene rings is 2. The first kappa shape index (κ1) is 20.6. The Morgan fingerprint density at radius 1 is 1.03 bits per heavy atom. The van der Waals surface area contributed by atoms with E-state index in [4.69, 9.17) is 9.15 Å². The number of carbonyl (C=O) groups is 1. The molecule has 3 rings (SSSR count). The van der Waals surface area contributed by atoms with Gasteiger partial charge in [0.2, 0.25) is 10.0 Å². The summed E-state index contributed by atoms with van der Waals surface area (Å²) >= 11 is 0. The molecular weight excluding hydrogens is 392 g/mol. The lowest BCUT2D eigenvalue weighted by molar-refractivity contribution is -0.118. The van der Waals surface area contributed by atoms with E-state index in [2.05, 4.69) is 10.0 Å². The molecule has 0 aliphatic carbocycles. The molecule has 0 aliphatic heterocycles. The Morgan fingerprint density at radius 3 is 2.48 bits per heavy atom. The number of anilines is 1. The maximum Gasteiger partial charge on any atom is 0.262 e. The van der Waals surface area contributed by atoms with Crippen molar-refractivity contribution < 1.29 is 22.4 Å². The van der Waals surface area contributed by atoms with Crippen LogP contribution in [0.3, 0.4) is 0 Å². The lowest BCUT2D eigenvalue weighted by Crippen LogP contribution is -2.23. The minimum atomic E-state index is -3.68. The van der Waals surface area contributed by atoms with Crippen LogP contribution >= 0.6 is 0 Å². The average Bonchev–Trinajstić information content (AvgIpc) is 3.22. The zero-order valence-electron chi connectivity index (χ0n) is 16.1. The molecule has 7 nitrogen and oxygen atoms in total. The number of rotatable bonds is 8. The van der Waals surface area contributed by atoms with Crippen LogP contribution in [0.5, 0.6) is 5.75 Å². The first-order chi connectivity index (χ1) is 13.8. The van der Waals surface area contributed by atoms with E-state index in [1.165, 1.54) is 30.5 Å². The van der Waals surface area contributed by atoms with E-state index in [1.807, 2.05) is 32.0 Å². The van der Waals surface area contributed by atoms with Crippen molar-refractivity contribution in [1.29, 1.82) is 0 Å². The summed E-state index contributed by atoms with van der Waals surface area (Å²) in [5.74, 6) is 0.836. The monoisotopic (exact) mass is 414 g/mol. The predicted molar refractivity (Wildman–Crippen MR) is 109 cm³/mol. The molecule has 152 valence electrons. The maximum atomic E-state index is 12.3. The fourth-order valence-corrected chi connectivity index (χ4v) is 3.59. The van der Waals surface area contributed by atoms with Crippen LogP contribution in [0.4, 0.5) is 5.69 Å². The maximum absolute atomic E-state index is 12.3. The van der Waals surface area contributed by atoms with Gasteiger partial charge in [-0.1, -0.05) is 12.1 Å². The molecule has 1 heterocycles. The zero-order chi connectivity index (χ0) is 20.9. The Balaban J connectivity index is 1.55. The summed E-state index contributed by atoms with van der Waals surface area (Å²) in [7, 11) is -3.68. The number of aryl methyl sites for hydroxylation is 1. The summed E-state index contributed by atoms with van der Waals surface area (Å²) < 4.78 is 37.8. The number of ether oxygens (including phenoxy) is 1. The highest BCUT2D eigenvalue weighted by Gasteiger charge is 2.14. The smallest absolute Gasteiger partial charge is 0.262 e. The van der Waals surface area contributed by atoms with Gasteiger partial charge in [-0.15, -0.1) is 0 Å². The lowest BCUT2D eigenvalue weighted by atomic mass is 10.1. The van der Waals surface area contributed by atoms with Gasteiger partial charge >= 0.3 is 0 Å². The molecule has 3 aromatic rings. The molecule has 0 saturated heterocycles. The molecule has 0 fully saturated rings. The highest BCUT2D eigenvalue weighted by atomic mass is 32.2. The number of hydrogen-bond donors (Lipinski definition) is 2. The summed E-state index contributed by atoms with van der Waals surface area (Å²) in [5.41, 5.74) is 2.54. The Morgan fingerprint density at radius 2 is 1.79 bits per heavy atom. The van der Waals surface area contributed by atoms with Gasteiger partial charge in [-0.3, -0.25) is 4.79 Å². The van der Waals surface area contributed by atoms with Gasteiger partial charge in [-0.2, -0.15) is 0 Å². The Hall–Kier alpha value is -3.10. The summed E-state index contributed by atoms with van der Waals surface area (Å²) in [6.45, 7) is 3.82. The number of carbonyl (C=O) groups excluding carboxylic acids is 1. The number of hydrogen-bond acceptors (Lipinski definition) is 5. The molecule has 0 atom stereocenters. The number of nitrogens with one attached hydrogen (secondary N) is 2. The summed E-state index contributed by atoms with van der Waals surface area (Å²) in [4.78, 5) is 12.2. The van der Waals surface area contributed by atoms with Gasteiger partial charge in [0.25, 0.3) is 5.91 Å². The number of furan rings is 1. The Labute approximate surface area is 169 Å². The molecule has 0 spiro atoms. The lowest BCUT2D eigenvalue weighted by Gasteiger charge is -2.11. The van der Waals surface area contributed by atoms with E-state index in [0.717, 1.165) is 11.1 Å². The fourth-order valence-electron chi connectivity index (χ4n) is 2.60. The van der Waals surface area contributed by atoms with E-state index < -0.39 is 10.0 Å². The van der Waals surface area contributed by atoms with Gasteiger partial charge < -0.3 is 14.5 Å². The van der Waals surface area contributed by atoms with Gasteiger partial charge in [0.15, 0.2) is 6.61 Å². The van der Waals surface area contributed by atoms with Crippen LogP contribution in [0.1, 0.15) is 16.9 Å². The SMILES string of the molecule is Cc1cccc(OCC(=O)Nc2ccc(S(=O)(=O)NCc3ccco3)cc2)c1C. The highest BCUT2D eigenvalue weighted by Crippen LogP contribution is 2.20. The summed E-state index contributed by atoms with van der Waals surface area (Å²) in [6.07, 6.45) is 1.48. The summed E-state index contributed by atoms with van der Waals surface area (Å²) in [5, 5.41) is 2.69. The molecule has 29 heavy (non-hydrogen) atoms. The normalized spacial score (nSPS) is 11.2. The standard InChI is InChI=1S/C21H22N2O5S/c1-15-5-3-7-20(16(15)2)28-14-21(24)23-17-8-10-19(11-9-17)29(25,26)22-13-18-6-4-12-27-18/h3-12,22H,13-14H2,1-2H3,(H,23,24). The third-order valence-corrected chi connectivity index (χ3v) is 5.80. The average molecular weight is 414 g/mol. The van der Waals surface area contributed by atoms with Crippen LogP contribution in [0.15, 0.2) is 70.2 Å². The highest BCUT2D eigenvalue weighted by molar-refractivity contribution is 7.89. The van der Waals surface area contributed by atoms with E-state index in [9.17, 15) is 13.2 Å². The van der Waals surface area contributed by atoms with Gasteiger partial charge in [-0.25, -0.2) is 13.1 Å². The van der Waals surface area contributed by atoms with Gasteiger partial charge in [0.1, 0.15) is 11.5 Å². The van der Waals surface area contributed by atoms with Crippen molar-refractivity contribution in [3.63, 3.8) is 0 Å². The molecular formula is C21H22N2O5S. The first-order valence-corrected chi connectivity index (χ1v) is 10.4. The second kappa shape index (κ2) is 8.93.